The van der Waals surface area contributed by atoms with Crippen LogP contribution in [0.4, 0.5) is 17.1 Å². The molecule has 30 heavy (non-hydrogen) atoms. The maximum absolute atomic E-state index is 11.8. The van der Waals surface area contributed by atoms with Gasteiger partial charge in [-0.1, -0.05) is 24.3 Å². The van der Waals surface area contributed by atoms with E-state index in [2.05, 4.69) is 5.32 Å². The van der Waals surface area contributed by atoms with Crippen molar-refractivity contribution in [3.05, 3.63) is 68.3 Å². The minimum Gasteiger partial charge on any atom is -0.548 e. The van der Waals surface area contributed by atoms with E-state index in [1.165, 1.54) is 23.9 Å². The van der Waals surface area contributed by atoms with E-state index in [9.17, 15) is 30.1 Å². The van der Waals surface area contributed by atoms with Gasteiger partial charge in [-0.05, 0) is 24.0 Å². The number of thioether (sulfide) groups is 1. The third-order valence-corrected chi connectivity index (χ3v) is 7.73. The van der Waals surface area contributed by atoms with E-state index < -0.39 is 39.1 Å². The number of nitro groups is 2. The van der Waals surface area contributed by atoms with Gasteiger partial charge in [-0.2, -0.15) is 0 Å². The van der Waals surface area contributed by atoms with Crippen molar-refractivity contribution >= 4 is 46.4 Å². The minimum atomic E-state index is -1.37. The van der Waals surface area contributed by atoms with Crippen molar-refractivity contribution in [2.75, 3.05) is 5.32 Å². The molecule has 0 amide bonds. The Morgan fingerprint density at radius 1 is 1.07 bits per heavy atom. The Morgan fingerprint density at radius 2 is 1.73 bits per heavy atom. The normalized spacial score (nSPS) is 26.9. The molecule has 1 saturated carbocycles. The largest absolute Gasteiger partial charge is 0.548 e. The summed E-state index contributed by atoms with van der Waals surface area (Å²) in [6.45, 7) is 0. The summed E-state index contributed by atoms with van der Waals surface area (Å²) in [5.74, 6) is -2.30. The van der Waals surface area contributed by atoms with E-state index in [4.69, 9.17) is 11.6 Å². The molecule has 4 rings (SSSR count). The Hall–Kier alpha value is -2.85. The van der Waals surface area contributed by atoms with Crippen LogP contribution in [0.3, 0.4) is 0 Å². The zero-order valence-corrected chi connectivity index (χ0v) is 16.8. The van der Waals surface area contributed by atoms with E-state index in [0.717, 1.165) is 0 Å². The van der Waals surface area contributed by atoms with Gasteiger partial charge in [0.1, 0.15) is 5.69 Å². The van der Waals surface area contributed by atoms with Crippen LogP contribution in [0, 0.1) is 26.1 Å². The van der Waals surface area contributed by atoms with Crippen LogP contribution in [0.25, 0.3) is 0 Å². The smallest absolute Gasteiger partial charge is 0.292 e. The number of halogens is 1. The fraction of sp³-hybridized carbons (Fsp3) is 0.316. The van der Waals surface area contributed by atoms with Crippen LogP contribution < -0.4 is 10.4 Å². The van der Waals surface area contributed by atoms with Gasteiger partial charge < -0.3 is 15.2 Å². The van der Waals surface area contributed by atoms with Gasteiger partial charge in [-0.25, -0.2) is 0 Å². The summed E-state index contributed by atoms with van der Waals surface area (Å²) >= 11 is 7.99. The fourth-order valence-electron chi connectivity index (χ4n) is 4.38. The van der Waals surface area contributed by atoms with Crippen LogP contribution in [0.1, 0.15) is 17.9 Å². The van der Waals surface area contributed by atoms with Crippen LogP contribution in [0.5, 0.6) is 0 Å². The van der Waals surface area contributed by atoms with Gasteiger partial charge in [0.05, 0.1) is 32.1 Å². The molecule has 1 aliphatic carbocycles. The van der Waals surface area contributed by atoms with Gasteiger partial charge in [-0.3, -0.25) is 20.2 Å². The molecule has 11 heteroatoms. The van der Waals surface area contributed by atoms with E-state index in [1.807, 2.05) is 0 Å². The first-order chi connectivity index (χ1) is 14.3. The second-order valence-electron chi connectivity index (χ2n) is 7.19. The summed E-state index contributed by atoms with van der Waals surface area (Å²) in [7, 11) is 0. The van der Waals surface area contributed by atoms with Crippen molar-refractivity contribution in [1.82, 2.24) is 0 Å². The molecule has 2 aromatic rings. The van der Waals surface area contributed by atoms with Crippen LogP contribution in [-0.2, 0) is 4.79 Å². The zero-order chi connectivity index (χ0) is 21.6. The van der Waals surface area contributed by atoms with E-state index in [-0.39, 0.29) is 22.3 Å². The average Bonchev–Trinajstić information content (AvgIpc) is 3.03. The number of benzene rings is 2. The third-order valence-electron chi connectivity index (χ3n) is 5.62. The molecule has 9 nitrogen and oxygen atoms in total. The SMILES string of the molecule is O=C([O-])[C@H]1Nc2c(cccc2[N+](=O)[O-])[C@@H]2[C@H](Cl)[C@H](Sc3ccccc3[N+](=O)[O-])C[C@H]21. The highest BCUT2D eigenvalue weighted by atomic mass is 35.5. The maximum Gasteiger partial charge on any atom is 0.292 e. The Labute approximate surface area is 179 Å². The number of para-hydroxylation sites is 2. The number of carbonyl (C=O) groups excluding carboxylic acids is 1. The van der Waals surface area contributed by atoms with Crippen molar-refractivity contribution < 1.29 is 19.7 Å². The highest BCUT2D eigenvalue weighted by Gasteiger charge is 2.51. The molecule has 1 aliphatic heterocycles. The zero-order valence-electron chi connectivity index (χ0n) is 15.3. The summed E-state index contributed by atoms with van der Waals surface area (Å²) in [4.78, 5) is 34.0. The van der Waals surface area contributed by atoms with Gasteiger partial charge >= 0.3 is 0 Å². The number of aliphatic carboxylic acids is 1. The van der Waals surface area contributed by atoms with Crippen LogP contribution in [0.15, 0.2) is 47.4 Å². The molecule has 0 radical (unpaired) electrons. The quantitative estimate of drug-likeness (QED) is 0.418. The molecule has 2 aliphatic rings. The number of rotatable bonds is 5. The molecule has 0 unspecified atom stereocenters. The standard InChI is InChI=1S/C19H16ClN3O6S/c20-16-14(30-13-7-2-1-5-11(13)22(26)27)8-10-15(16)9-4-3-6-12(23(28)29)17(9)21-18(10)19(24)25/h1-7,10,14-16,18,21H,8H2,(H,24,25)/p-1/t10-,14-,15+,16-,18+/m1/s1. The molecule has 1 N–H and O–H groups in total. The predicted octanol–water partition coefficient (Wildman–Crippen LogP) is 2.92. The van der Waals surface area contributed by atoms with Crippen LogP contribution >= 0.6 is 23.4 Å². The van der Waals surface area contributed by atoms with Crippen molar-refractivity contribution in [2.45, 2.75) is 33.9 Å². The lowest BCUT2D eigenvalue weighted by molar-refractivity contribution is -0.387. The third kappa shape index (κ3) is 3.35. The Morgan fingerprint density at radius 3 is 2.40 bits per heavy atom. The predicted molar refractivity (Wildman–Crippen MR) is 109 cm³/mol. The van der Waals surface area contributed by atoms with E-state index >= 15 is 0 Å². The van der Waals surface area contributed by atoms with E-state index in [1.54, 1.807) is 30.3 Å². The van der Waals surface area contributed by atoms with Crippen molar-refractivity contribution in [3.63, 3.8) is 0 Å². The Balaban J connectivity index is 1.73. The summed E-state index contributed by atoms with van der Waals surface area (Å²) in [6, 6.07) is 9.68. The number of carbonyl (C=O) groups is 1. The second kappa shape index (κ2) is 7.77. The lowest BCUT2D eigenvalue weighted by Crippen LogP contribution is -2.49. The first-order valence-electron chi connectivity index (χ1n) is 9.08. The minimum absolute atomic E-state index is 0.0492. The number of hydrogen-bond acceptors (Lipinski definition) is 8. The van der Waals surface area contributed by atoms with Gasteiger partial charge in [0.15, 0.2) is 0 Å². The number of hydrogen-bond donors (Lipinski definition) is 1. The van der Waals surface area contributed by atoms with Gasteiger partial charge in [0.2, 0.25) is 0 Å². The van der Waals surface area contributed by atoms with Crippen molar-refractivity contribution in [3.8, 4) is 0 Å². The number of carboxylic acid groups (broad SMARTS) is 1. The molecule has 5 atom stereocenters. The van der Waals surface area contributed by atoms with Crippen molar-refractivity contribution in [2.24, 2.45) is 5.92 Å². The van der Waals surface area contributed by atoms with Gasteiger partial charge in [0, 0.05) is 23.3 Å². The van der Waals surface area contributed by atoms with Crippen LogP contribution in [0.2, 0.25) is 0 Å². The molecular weight excluding hydrogens is 434 g/mol. The molecule has 1 heterocycles. The lowest BCUT2D eigenvalue weighted by atomic mass is 9.79. The number of nitro benzene ring substituents is 2. The highest BCUT2D eigenvalue weighted by molar-refractivity contribution is 8.00. The molecule has 0 saturated heterocycles. The molecule has 2 aromatic carbocycles. The summed E-state index contributed by atoms with van der Waals surface area (Å²) in [6.07, 6.45) is 0.364. The monoisotopic (exact) mass is 448 g/mol. The number of carboxylic acids is 1. The Bertz CT molecular complexity index is 1050. The fourth-order valence-corrected chi connectivity index (χ4v) is 6.33. The molecule has 0 aromatic heterocycles. The molecular formula is C19H15ClN3O6S-. The first-order valence-corrected chi connectivity index (χ1v) is 10.4. The number of alkyl halides is 1. The number of nitrogens with zero attached hydrogens (tertiary/aromatic N) is 2. The van der Waals surface area contributed by atoms with Gasteiger partial charge in [0.25, 0.3) is 11.4 Å². The summed E-state index contributed by atoms with van der Waals surface area (Å²) in [5, 5.41) is 36.5. The summed E-state index contributed by atoms with van der Waals surface area (Å²) in [5.41, 5.74) is 0.444. The topological polar surface area (TPSA) is 138 Å². The summed E-state index contributed by atoms with van der Waals surface area (Å²) < 4.78 is 0. The maximum atomic E-state index is 11.8. The highest BCUT2D eigenvalue weighted by Crippen LogP contribution is 2.56. The first kappa shape index (κ1) is 20.4. The number of fused-ring (bicyclic) bond motifs is 3. The Kier molecular flexibility index (Phi) is 5.29. The molecule has 156 valence electrons. The van der Waals surface area contributed by atoms with Gasteiger partial charge in [-0.15, -0.1) is 23.4 Å². The van der Waals surface area contributed by atoms with E-state index in [0.29, 0.717) is 16.9 Å². The average molecular weight is 449 g/mol. The number of anilines is 1. The molecule has 0 spiro atoms. The van der Waals surface area contributed by atoms with Crippen molar-refractivity contribution in [1.29, 1.82) is 0 Å². The number of nitrogens with one attached hydrogen (secondary N) is 1. The lowest BCUT2D eigenvalue weighted by Gasteiger charge is -2.38. The second-order valence-corrected chi connectivity index (χ2v) is 8.98. The van der Waals surface area contributed by atoms with Crippen LogP contribution in [-0.4, -0.2) is 32.5 Å². The molecule has 1 fully saturated rings. The molecule has 0 bridgehead atoms.